The van der Waals surface area contributed by atoms with Gasteiger partial charge in [0.2, 0.25) is 5.13 Å². The van der Waals surface area contributed by atoms with Crippen molar-refractivity contribution < 1.29 is 8.78 Å². The summed E-state index contributed by atoms with van der Waals surface area (Å²) >= 11 is 1.12. The number of aromatic nitrogens is 4. The third-order valence-electron chi connectivity index (χ3n) is 2.44. The fourth-order valence-corrected chi connectivity index (χ4v) is 2.38. The minimum Gasteiger partial charge on any atom is -0.305 e. The van der Waals surface area contributed by atoms with Crippen LogP contribution in [0.1, 0.15) is 5.01 Å². The van der Waals surface area contributed by atoms with Crippen LogP contribution in [0.4, 0.5) is 8.78 Å². The standard InChI is InChI=1S/C10H6F2N4OS/c1-4-14-15-10(18-4)16-8-6(13-9(16)17)3-2-5(11)7(8)12/h2-3H,1H3,(H,13,17). The summed E-state index contributed by atoms with van der Waals surface area (Å²) in [6, 6.07) is 2.27. The molecule has 0 amide bonds. The summed E-state index contributed by atoms with van der Waals surface area (Å²) in [6.07, 6.45) is 0. The molecule has 0 bridgehead atoms. The molecule has 0 aliphatic rings. The van der Waals surface area contributed by atoms with E-state index in [-0.39, 0.29) is 16.2 Å². The molecule has 0 aliphatic carbocycles. The minimum absolute atomic E-state index is 0.156. The normalized spacial score (nSPS) is 11.3. The van der Waals surface area contributed by atoms with Gasteiger partial charge in [-0.05, 0) is 19.1 Å². The number of hydrogen-bond donors (Lipinski definition) is 1. The zero-order valence-electron chi connectivity index (χ0n) is 9.07. The number of H-pyrrole nitrogens is 1. The zero-order chi connectivity index (χ0) is 12.9. The van der Waals surface area contributed by atoms with Crippen LogP contribution in [-0.4, -0.2) is 19.7 Å². The molecule has 0 fully saturated rings. The molecule has 0 saturated heterocycles. The van der Waals surface area contributed by atoms with E-state index in [0.717, 1.165) is 22.0 Å². The van der Waals surface area contributed by atoms with Gasteiger partial charge in [-0.15, -0.1) is 10.2 Å². The van der Waals surface area contributed by atoms with E-state index in [1.807, 2.05) is 0 Å². The highest BCUT2D eigenvalue weighted by molar-refractivity contribution is 7.13. The van der Waals surface area contributed by atoms with Gasteiger partial charge in [-0.25, -0.2) is 18.1 Å². The zero-order valence-corrected chi connectivity index (χ0v) is 9.89. The van der Waals surface area contributed by atoms with Gasteiger partial charge in [0.15, 0.2) is 11.6 Å². The number of nitrogens with zero attached hydrogens (tertiary/aromatic N) is 3. The van der Waals surface area contributed by atoms with Gasteiger partial charge < -0.3 is 4.98 Å². The Hall–Kier alpha value is -2.09. The molecular formula is C10H6F2N4OS. The SMILES string of the molecule is Cc1nnc(-n2c(=O)[nH]c3ccc(F)c(F)c32)s1. The maximum absolute atomic E-state index is 13.8. The second-order valence-electron chi connectivity index (χ2n) is 3.63. The van der Waals surface area contributed by atoms with E-state index in [9.17, 15) is 13.6 Å². The number of nitrogens with one attached hydrogen (secondary N) is 1. The smallest absolute Gasteiger partial charge is 0.305 e. The van der Waals surface area contributed by atoms with E-state index in [2.05, 4.69) is 15.2 Å². The Bertz CT molecular complexity index is 804. The van der Waals surface area contributed by atoms with Gasteiger partial charge in [0, 0.05) is 0 Å². The van der Waals surface area contributed by atoms with Crippen molar-refractivity contribution in [1.29, 1.82) is 0 Å². The van der Waals surface area contributed by atoms with Crippen molar-refractivity contribution in [2.75, 3.05) is 0 Å². The monoisotopic (exact) mass is 268 g/mol. The van der Waals surface area contributed by atoms with Crippen LogP contribution in [0.2, 0.25) is 0 Å². The third-order valence-corrected chi connectivity index (χ3v) is 3.27. The molecule has 0 unspecified atom stereocenters. The lowest BCUT2D eigenvalue weighted by molar-refractivity contribution is 0.514. The summed E-state index contributed by atoms with van der Waals surface area (Å²) in [5.74, 6) is -2.10. The Labute approximate surface area is 103 Å². The number of halogens is 2. The second-order valence-corrected chi connectivity index (χ2v) is 4.79. The van der Waals surface area contributed by atoms with Crippen LogP contribution in [0.5, 0.6) is 0 Å². The fraction of sp³-hybridized carbons (Fsp3) is 0.100. The predicted octanol–water partition coefficient (Wildman–Crippen LogP) is 1.76. The van der Waals surface area contributed by atoms with Crippen molar-refractivity contribution in [2.24, 2.45) is 0 Å². The first-order valence-electron chi connectivity index (χ1n) is 4.97. The van der Waals surface area contributed by atoms with Crippen molar-refractivity contribution in [3.05, 3.63) is 39.3 Å². The van der Waals surface area contributed by atoms with Crippen LogP contribution in [0.3, 0.4) is 0 Å². The van der Waals surface area contributed by atoms with E-state index in [0.29, 0.717) is 5.01 Å². The summed E-state index contributed by atoms with van der Waals surface area (Å²) < 4.78 is 28.0. The Morgan fingerprint density at radius 2 is 2.11 bits per heavy atom. The number of benzene rings is 1. The number of aryl methyl sites for hydroxylation is 1. The van der Waals surface area contributed by atoms with Crippen LogP contribution in [0, 0.1) is 18.6 Å². The number of imidazole rings is 1. The molecule has 3 rings (SSSR count). The number of aromatic amines is 1. The first kappa shape index (κ1) is 11.0. The fourth-order valence-electron chi connectivity index (χ4n) is 1.69. The molecule has 0 saturated carbocycles. The Morgan fingerprint density at radius 3 is 2.78 bits per heavy atom. The van der Waals surface area contributed by atoms with Crippen LogP contribution in [0.15, 0.2) is 16.9 Å². The Morgan fingerprint density at radius 1 is 1.33 bits per heavy atom. The van der Waals surface area contributed by atoms with Gasteiger partial charge in [0.05, 0.1) is 5.52 Å². The summed E-state index contributed by atoms with van der Waals surface area (Å²) in [5, 5.41) is 8.34. The van der Waals surface area contributed by atoms with Crippen molar-refractivity contribution in [2.45, 2.75) is 6.92 Å². The molecule has 8 heteroatoms. The quantitative estimate of drug-likeness (QED) is 0.731. The summed E-state index contributed by atoms with van der Waals surface area (Å²) in [4.78, 5) is 14.2. The maximum Gasteiger partial charge on any atom is 0.333 e. The number of rotatable bonds is 1. The van der Waals surface area contributed by atoms with Gasteiger partial charge in [0.25, 0.3) is 0 Å². The first-order chi connectivity index (χ1) is 8.58. The molecular weight excluding hydrogens is 262 g/mol. The molecule has 92 valence electrons. The summed E-state index contributed by atoms with van der Waals surface area (Å²) in [5.41, 5.74) is -0.520. The summed E-state index contributed by atoms with van der Waals surface area (Å²) in [7, 11) is 0. The lowest BCUT2D eigenvalue weighted by Gasteiger charge is -1.99. The Balaban J connectivity index is 2.45. The lowest BCUT2D eigenvalue weighted by atomic mass is 10.3. The average Bonchev–Trinajstić information content (AvgIpc) is 2.87. The van der Waals surface area contributed by atoms with Gasteiger partial charge in [-0.3, -0.25) is 0 Å². The highest BCUT2D eigenvalue weighted by Crippen LogP contribution is 2.22. The average molecular weight is 268 g/mol. The van der Waals surface area contributed by atoms with E-state index < -0.39 is 17.3 Å². The van der Waals surface area contributed by atoms with E-state index >= 15 is 0 Å². The predicted molar refractivity (Wildman–Crippen MR) is 62.0 cm³/mol. The van der Waals surface area contributed by atoms with Crippen LogP contribution < -0.4 is 5.69 Å². The highest BCUT2D eigenvalue weighted by atomic mass is 32.1. The molecule has 2 heterocycles. The Kier molecular flexibility index (Phi) is 2.27. The van der Waals surface area contributed by atoms with Gasteiger partial charge >= 0.3 is 5.69 Å². The largest absolute Gasteiger partial charge is 0.333 e. The van der Waals surface area contributed by atoms with Crippen LogP contribution in [-0.2, 0) is 0 Å². The van der Waals surface area contributed by atoms with Crippen LogP contribution >= 0.6 is 11.3 Å². The minimum atomic E-state index is -1.08. The van der Waals surface area contributed by atoms with E-state index in [4.69, 9.17) is 0 Å². The molecule has 1 N–H and O–H groups in total. The van der Waals surface area contributed by atoms with Gasteiger partial charge in [0.1, 0.15) is 10.5 Å². The number of fused-ring (bicyclic) bond motifs is 1. The molecule has 0 aliphatic heterocycles. The second kappa shape index (κ2) is 3.70. The molecule has 0 spiro atoms. The lowest BCUT2D eigenvalue weighted by Crippen LogP contribution is -2.15. The van der Waals surface area contributed by atoms with Crippen molar-refractivity contribution in [1.82, 2.24) is 19.7 Å². The van der Waals surface area contributed by atoms with Crippen molar-refractivity contribution in [3.63, 3.8) is 0 Å². The first-order valence-corrected chi connectivity index (χ1v) is 5.79. The van der Waals surface area contributed by atoms with Crippen molar-refractivity contribution in [3.8, 4) is 5.13 Å². The van der Waals surface area contributed by atoms with Crippen LogP contribution in [0.25, 0.3) is 16.2 Å². The molecule has 2 aromatic heterocycles. The molecule has 0 atom stereocenters. The molecule has 5 nitrogen and oxygen atoms in total. The molecule has 18 heavy (non-hydrogen) atoms. The van der Waals surface area contributed by atoms with E-state index in [1.54, 1.807) is 6.92 Å². The van der Waals surface area contributed by atoms with Gasteiger partial charge in [-0.2, -0.15) is 0 Å². The van der Waals surface area contributed by atoms with E-state index in [1.165, 1.54) is 6.07 Å². The number of hydrogen-bond acceptors (Lipinski definition) is 4. The summed E-state index contributed by atoms with van der Waals surface area (Å²) in [6.45, 7) is 1.71. The molecule has 1 aromatic carbocycles. The topological polar surface area (TPSA) is 63.6 Å². The molecule has 3 aromatic rings. The highest BCUT2D eigenvalue weighted by Gasteiger charge is 2.18. The maximum atomic E-state index is 13.8. The third kappa shape index (κ3) is 1.46. The molecule has 0 radical (unpaired) electrons. The van der Waals surface area contributed by atoms with Crippen molar-refractivity contribution >= 4 is 22.4 Å². The van der Waals surface area contributed by atoms with Gasteiger partial charge in [-0.1, -0.05) is 11.3 Å².